The Morgan fingerprint density at radius 3 is 2.54 bits per heavy atom. The zero-order valence-corrected chi connectivity index (χ0v) is 16.8. The summed E-state index contributed by atoms with van der Waals surface area (Å²) in [6.45, 7) is 2.98. The van der Waals surface area contributed by atoms with Gasteiger partial charge in [0.1, 0.15) is 11.6 Å². The molecule has 0 spiro atoms. The van der Waals surface area contributed by atoms with E-state index in [0.717, 1.165) is 49.3 Å². The highest BCUT2D eigenvalue weighted by atomic mass is 16.5. The Hall–Kier alpha value is -2.30. The summed E-state index contributed by atoms with van der Waals surface area (Å²) in [5.74, 6) is 3.51. The van der Waals surface area contributed by atoms with Gasteiger partial charge in [0.05, 0.1) is 6.61 Å². The second kappa shape index (κ2) is 9.76. The summed E-state index contributed by atoms with van der Waals surface area (Å²) in [4.78, 5) is 11.3. The van der Waals surface area contributed by atoms with Gasteiger partial charge in [-0.25, -0.2) is 4.98 Å². The molecule has 1 saturated carbocycles. The summed E-state index contributed by atoms with van der Waals surface area (Å²) in [6.07, 6.45) is 13.9. The van der Waals surface area contributed by atoms with Gasteiger partial charge in [0.2, 0.25) is 5.95 Å². The fraction of sp³-hybridized carbons (Fsp3) is 0.565. The first-order valence-corrected chi connectivity index (χ1v) is 10.9. The van der Waals surface area contributed by atoms with Crippen LogP contribution in [0.15, 0.2) is 36.5 Å². The van der Waals surface area contributed by atoms with Crippen LogP contribution in [0.4, 0.5) is 17.5 Å². The highest BCUT2D eigenvalue weighted by Crippen LogP contribution is 2.27. The minimum Gasteiger partial charge on any atom is -0.494 e. The minimum absolute atomic E-state index is 0.644. The zero-order valence-electron chi connectivity index (χ0n) is 16.8. The van der Waals surface area contributed by atoms with Crippen LogP contribution in [-0.2, 0) is 0 Å². The average Bonchev–Trinajstić information content (AvgIpc) is 3.28. The smallest absolute Gasteiger partial charge is 0.229 e. The summed E-state index contributed by atoms with van der Waals surface area (Å²) in [6, 6.07) is 10.1. The molecule has 2 aliphatic rings. The minimum atomic E-state index is 0.644. The maximum absolute atomic E-state index is 5.92. The molecule has 0 bridgehead atoms. The largest absolute Gasteiger partial charge is 0.494 e. The maximum atomic E-state index is 5.92. The van der Waals surface area contributed by atoms with Crippen LogP contribution in [0.5, 0.6) is 5.75 Å². The van der Waals surface area contributed by atoms with Crippen molar-refractivity contribution in [2.75, 3.05) is 29.9 Å². The topological polar surface area (TPSA) is 50.3 Å². The SMILES string of the molecule is c1cc(N2CCCC2)nc(Nc2ccc(OCCCC3CCCCC3)cc2)n1. The predicted octanol–water partition coefficient (Wildman–Crippen LogP) is 5.56. The molecule has 28 heavy (non-hydrogen) atoms. The van der Waals surface area contributed by atoms with Crippen molar-refractivity contribution in [3.05, 3.63) is 36.5 Å². The Bertz CT molecular complexity index is 722. The van der Waals surface area contributed by atoms with Gasteiger partial charge >= 0.3 is 0 Å². The lowest BCUT2D eigenvalue weighted by atomic mass is 9.86. The monoisotopic (exact) mass is 380 g/mol. The Labute approximate surface area is 168 Å². The number of nitrogens with one attached hydrogen (secondary N) is 1. The van der Waals surface area contributed by atoms with E-state index in [-0.39, 0.29) is 0 Å². The molecule has 5 heteroatoms. The van der Waals surface area contributed by atoms with Crippen LogP contribution in [0.1, 0.15) is 57.8 Å². The average molecular weight is 381 g/mol. The lowest BCUT2D eigenvalue weighted by Crippen LogP contribution is -2.19. The third kappa shape index (κ3) is 5.37. The van der Waals surface area contributed by atoms with Crippen molar-refractivity contribution in [3.63, 3.8) is 0 Å². The van der Waals surface area contributed by atoms with Crippen molar-refractivity contribution < 1.29 is 4.74 Å². The molecule has 2 aromatic rings. The molecule has 2 heterocycles. The third-order valence-corrected chi connectivity index (χ3v) is 5.93. The van der Waals surface area contributed by atoms with E-state index in [0.29, 0.717) is 5.95 Å². The molecule has 1 aliphatic carbocycles. The highest BCUT2D eigenvalue weighted by molar-refractivity contribution is 5.56. The van der Waals surface area contributed by atoms with E-state index < -0.39 is 0 Å². The second-order valence-corrected chi connectivity index (χ2v) is 8.08. The first-order chi connectivity index (χ1) is 13.9. The normalized spacial score (nSPS) is 17.6. The van der Waals surface area contributed by atoms with E-state index in [9.17, 15) is 0 Å². The van der Waals surface area contributed by atoms with E-state index >= 15 is 0 Å². The van der Waals surface area contributed by atoms with Crippen molar-refractivity contribution >= 4 is 17.5 Å². The number of hydrogen-bond donors (Lipinski definition) is 1. The molecule has 1 aromatic carbocycles. The van der Waals surface area contributed by atoms with E-state index in [4.69, 9.17) is 4.74 Å². The van der Waals surface area contributed by atoms with E-state index in [1.54, 1.807) is 0 Å². The van der Waals surface area contributed by atoms with Gasteiger partial charge in [-0.3, -0.25) is 0 Å². The number of anilines is 3. The fourth-order valence-corrected chi connectivity index (χ4v) is 4.33. The number of ether oxygens (including phenoxy) is 1. The van der Waals surface area contributed by atoms with E-state index in [1.807, 2.05) is 36.5 Å². The number of rotatable bonds is 8. The molecule has 1 aliphatic heterocycles. The van der Waals surface area contributed by atoms with Crippen molar-refractivity contribution in [1.82, 2.24) is 9.97 Å². The second-order valence-electron chi connectivity index (χ2n) is 8.08. The summed E-state index contributed by atoms with van der Waals surface area (Å²) in [7, 11) is 0. The molecule has 1 N–H and O–H groups in total. The van der Waals surface area contributed by atoms with Gasteiger partial charge in [-0.1, -0.05) is 32.1 Å². The molecule has 1 saturated heterocycles. The number of aromatic nitrogens is 2. The molecular weight excluding hydrogens is 348 g/mol. The summed E-state index contributed by atoms with van der Waals surface area (Å²) in [5.41, 5.74) is 0.980. The van der Waals surface area contributed by atoms with Crippen LogP contribution >= 0.6 is 0 Å². The summed E-state index contributed by atoms with van der Waals surface area (Å²) >= 11 is 0. The van der Waals surface area contributed by atoms with Crippen LogP contribution in [0.3, 0.4) is 0 Å². The quantitative estimate of drug-likeness (QED) is 0.608. The Morgan fingerprint density at radius 1 is 0.964 bits per heavy atom. The van der Waals surface area contributed by atoms with Crippen molar-refractivity contribution in [1.29, 1.82) is 0 Å². The molecular formula is C23H32N4O. The van der Waals surface area contributed by atoms with Crippen LogP contribution in [0.2, 0.25) is 0 Å². The van der Waals surface area contributed by atoms with Gasteiger partial charge in [0, 0.05) is 25.0 Å². The lowest BCUT2D eigenvalue weighted by molar-refractivity contribution is 0.269. The lowest BCUT2D eigenvalue weighted by Gasteiger charge is -2.21. The number of hydrogen-bond acceptors (Lipinski definition) is 5. The Kier molecular flexibility index (Phi) is 6.64. The Morgan fingerprint density at radius 2 is 1.75 bits per heavy atom. The van der Waals surface area contributed by atoms with E-state index in [2.05, 4.69) is 20.2 Å². The molecule has 4 rings (SSSR count). The molecule has 0 unspecified atom stereocenters. The summed E-state index contributed by atoms with van der Waals surface area (Å²) in [5, 5.41) is 3.30. The van der Waals surface area contributed by atoms with Crippen LogP contribution in [0, 0.1) is 5.92 Å². The van der Waals surface area contributed by atoms with Crippen molar-refractivity contribution in [2.24, 2.45) is 5.92 Å². The zero-order chi connectivity index (χ0) is 19.0. The van der Waals surface area contributed by atoms with Gasteiger partial charge in [-0.2, -0.15) is 4.98 Å². The molecule has 0 atom stereocenters. The maximum Gasteiger partial charge on any atom is 0.229 e. The van der Waals surface area contributed by atoms with Gasteiger partial charge < -0.3 is 15.0 Å². The van der Waals surface area contributed by atoms with Crippen molar-refractivity contribution in [2.45, 2.75) is 57.8 Å². The molecule has 0 radical (unpaired) electrons. The molecule has 2 fully saturated rings. The molecule has 150 valence electrons. The van der Waals surface area contributed by atoms with Gasteiger partial charge in [0.15, 0.2) is 0 Å². The van der Waals surface area contributed by atoms with Gasteiger partial charge in [0.25, 0.3) is 0 Å². The van der Waals surface area contributed by atoms with Crippen LogP contribution in [-0.4, -0.2) is 29.7 Å². The van der Waals surface area contributed by atoms with Crippen LogP contribution < -0.4 is 15.0 Å². The molecule has 0 amide bonds. The van der Waals surface area contributed by atoms with Crippen molar-refractivity contribution in [3.8, 4) is 5.75 Å². The predicted molar refractivity (Wildman–Crippen MR) is 115 cm³/mol. The molecule has 1 aromatic heterocycles. The first kappa shape index (κ1) is 19.0. The van der Waals surface area contributed by atoms with Gasteiger partial charge in [-0.05, 0) is 61.9 Å². The van der Waals surface area contributed by atoms with Crippen LogP contribution in [0.25, 0.3) is 0 Å². The number of nitrogens with zero attached hydrogens (tertiary/aromatic N) is 3. The van der Waals surface area contributed by atoms with E-state index in [1.165, 1.54) is 51.4 Å². The van der Waals surface area contributed by atoms with Gasteiger partial charge in [-0.15, -0.1) is 0 Å². The number of benzene rings is 1. The Balaban J connectivity index is 1.23. The standard InChI is InChI=1S/C23H32N4O/c1-2-7-19(8-3-1)9-6-18-28-21-12-10-20(11-13-21)25-23-24-15-14-22(26-23)27-16-4-5-17-27/h10-15,19H,1-9,16-18H2,(H,24,25,26). The summed E-state index contributed by atoms with van der Waals surface area (Å²) < 4.78 is 5.92. The third-order valence-electron chi connectivity index (χ3n) is 5.93. The first-order valence-electron chi connectivity index (χ1n) is 10.9. The highest BCUT2D eigenvalue weighted by Gasteiger charge is 2.14. The fourth-order valence-electron chi connectivity index (χ4n) is 4.33. The molecule has 5 nitrogen and oxygen atoms in total.